The van der Waals surface area contributed by atoms with Gasteiger partial charge in [0.2, 0.25) is 5.91 Å². The van der Waals surface area contributed by atoms with Crippen molar-refractivity contribution in [3.63, 3.8) is 0 Å². The predicted molar refractivity (Wildman–Crippen MR) is 71.0 cm³/mol. The summed E-state index contributed by atoms with van der Waals surface area (Å²) in [4.78, 5) is 12.8. The minimum Gasteiger partial charge on any atom is -0.369 e. The monoisotopic (exact) mass is 245 g/mol. The second-order valence-electron chi connectivity index (χ2n) is 3.98. The van der Waals surface area contributed by atoms with E-state index in [1.165, 1.54) is 4.88 Å². The lowest BCUT2D eigenvalue weighted by molar-refractivity contribution is -0.119. The number of nitrogens with two attached hydrogens (primary N) is 1. The van der Waals surface area contributed by atoms with E-state index in [0.29, 0.717) is 0 Å². The molecule has 0 radical (unpaired) electrons. The molecule has 0 saturated carbocycles. The number of carbonyl (C=O) groups is 1. The molecule has 2 aromatic rings. The minimum atomic E-state index is -0.243. The number of benzene rings is 1. The number of carbonyl (C=O) groups excluding carboxylic acids is 1. The van der Waals surface area contributed by atoms with Crippen LogP contribution in [0.5, 0.6) is 0 Å². The van der Waals surface area contributed by atoms with Crippen LogP contribution in [0.15, 0.2) is 47.8 Å². The summed E-state index contributed by atoms with van der Waals surface area (Å²) in [6.07, 6.45) is 1.68. The first-order chi connectivity index (χ1) is 8.27. The molecule has 0 aliphatic heterocycles. The second-order valence-corrected chi connectivity index (χ2v) is 5.02. The fourth-order valence-corrected chi connectivity index (χ4v) is 2.62. The Labute approximate surface area is 105 Å². The Morgan fingerprint density at radius 2 is 1.94 bits per heavy atom. The van der Waals surface area contributed by atoms with Crippen molar-refractivity contribution in [2.45, 2.75) is 18.8 Å². The lowest BCUT2D eigenvalue weighted by Gasteiger charge is -2.12. The van der Waals surface area contributed by atoms with Crippen molar-refractivity contribution in [1.29, 1.82) is 0 Å². The lowest BCUT2D eigenvalue weighted by atomic mass is 9.93. The molecule has 0 bridgehead atoms. The Hall–Kier alpha value is -1.61. The van der Waals surface area contributed by atoms with Gasteiger partial charge in [-0.2, -0.15) is 0 Å². The number of hydrogen-bond donors (Lipinski definition) is 1. The predicted octanol–water partition coefficient (Wildman–Crippen LogP) is 2.95. The average Bonchev–Trinajstić information content (AvgIpc) is 2.83. The van der Waals surface area contributed by atoms with Crippen LogP contribution in [0.2, 0.25) is 0 Å². The van der Waals surface area contributed by atoms with Gasteiger partial charge in [-0.15, -0.1) is 11.3 Å². The number of aryl methyl sites for hydroxylation is 1. The zero-order valence-electron chi connectivity index (χ0n) is 9.50. The van der Waals surface area contributed by atoms with Crippen LogP contribution in [0.1, 0.15) is 22.8 Å². The molecular formula is C14H15NOS. The van der Waals surface area contributed by atoms with Gasteiger partial charge in [0, 0.05) is 4.88 Å². The van der Waals surface area contributed by atoms with Gasteiger partial charge in [0.15, 0.2) is 0 Å². The van der Waals surface area contributed by atoms with Crippen molar-refractivity contribution in [2.24, 2.45) is 5.73 Å². The lowest BCUT2D eigenvalue weighted by Crippen LogP contribution is -2.21. The summed E-state index contributed by atoms with van der Waals surface area (Å²) in [5, 5.41) is 2.05. The van der Waals surface area contributed by atoms with Crippen molar-refractivity contribution in [3.05, 3.63) is 58.3 Å². The van der Waals surface area contributed by atoms with E-state index in [1.807, 2.05) is 36.4 Å². The van der Waals surface area contributed by atoms with Gasteiger partial charge in [-0.05, 0) is 29.9 Å². The molecule has 2 N–H and O–H groups in total. The normalized spacial score (nSPS) is 12.2. The Bertz CT molecular complexity index is 464. The quantitative estimate of drug-likeness (QED) is 0.864. The number of primary amides is 1. The smallest absolute Gasteiger partial charge is 0.224 e. The number of rotatable bonds is 5. The first-order valence-electron chi connectivity index (χ1n) is 5.64. The molecule has 0 spiro atoms. The van der Waals surface area contributed by atoms with Crippen LogP contribution >= 0.6 is 11.3 Å². The van der Waals surface area contributed by atoms with Crippen molar-refractivity contribution >= 4 is 17.2 Å². The third-order valence-corrected chi connectivity index (χ3v) is 3.74. The van der Waals surface area contributed by atoms with E-state index < -0.39 is 0 Å². The molecule has 1 atom stereocenters. The van der Waals surface area contributed by atoms with Crippen LogP contribution in [0.4, 0.5) is 0 Å². The summed E-state index contributed by atoms with van der Waals surface area (Å²) in [5.41, 5.74) is 6.48. The molecule has 0 saturated heterocycles. The van der Waals surface area contributed by atoms with Gasteiger partial charge in [0.05, 0.1) is 5.92 Å². The van der Waals surface area contributed by atoms with Gasteiger partial charge in [-0.3, -0.25) is 4.79 Å². The molecule has 0 aliphatic rings. The molecule has 0 fully saturated rings. The number of thiophene rings is 1. The van der Waals surface area contributed by atoms with Gasteiger partial charge in [-0.1, -0.05) is 36.4 Å². The molecule has 2 rings (SSSR count). The van der Waals surface area contributed by atoms with E-state index in [1.54, 1.807) is 11.3 Å². The van der Waals surface area contributed by atoms with Crippen LogP contribution in [0.3, 0.4) is 0 Å². The topological polar surface area (TPSA) is 43.1 Å². The van der Waals surface area contributed by atoms with Gasteiger partial charge in [-0.25, -0.2) is 0 Å². The van der Waals surface area contributed by atoms with E-state index in [-0.39, 0.29) is 11.8 Å². The third kappa shape index (κ3) is 3.17. The first kappa shape index (κ1) is 11.9. The molecule has 1 aromatic carbocycles. The Morgan fingerprint density at radius 3 is 2.53 bits per heavy atom. The molecule has 3 heteroatoms. The summed E-state index contributed by atoms with van der Waals surface area (Å²) in [7, 11) is 0. The largest absolute Gasteiger partial charge is 0.369 e. The zero-order valence-corrected chi connectivity index (χ0v) is 10.3. The molecule has 2 nitrogen and oxygen atoms in total. The highest BCUT2D eigenvalue weighted by atomic mass is 32.1. The molecule has 1 heterocycles. The molecule has 88 valence electrons. The molecule has 1 amide bonds. The summed E-state index contributed by atoms with van der Waals surface area (Å²) < 4.78 is 0. The van der Waals surface area contributed by atoms with Crippen LogP contribution < -0.4 is 5.73 Å². The van der Waals surface area contributed by atoms with Crippen LogP contribution in [0, 0.1) is 0 Å². The van der Waals surface area contributed by atoms with E-state index in [2.05, 4.69) is 11.4 Å². The summed E-state index contributed by atoms with van der Waals surface area (Å²) in [5.74, 6) is -0.425. The Kier molecular flexibility index (Phi) is 3.94. The molecule has 0 aliphatic carbocycles. The van der Waals surface area contributed by atoms with Crippen LogP contribution in [0.25, 0.3) is 0 Å². The molecular weight excluding hydrogens is 230 g/mol. The van der Waals surface area contributed by atoms with E-state index in [9.17, 15) is 4.79 Å². The van der Waals surface area contributed by atoms with Crippen LogP contribution in [-0.4, -0.2) is 5.91 Å². The fourth-order valence-electron chi connectivity index (χ4n) is 1.90. The highest BCUT2D eigenvalue weighted by Gasteiger charge is 2.17. The zero-order chi connectivity index (χ0) is 12.1. The highest BCUT2D eigenvalue weighted by molar-refractivity contribution is 7.09. The van der Waals surface area contributed by atoms with Crippen molar-refractivity contribution in [2.75, 3.05) is 0 Å². The second kappa shape index (κ2) is 5.64. The van der Waals surface area contributed by atoms with E-state index in [4.69, 9.17) is 5.73 Å². The average molecular weight is 245 g/mol. The maximum Gasteiger partial charge on any atom is 0.224 e. The Morgan fingerprint density at radius 1 is 1.18 bits per heavy atom. The fraction of sp³-hybridized carbons (Fsp3) is 0.214. The third-order valence-electron chi connectivity index (χ3n) is 2.80. The molecule has 17 heavy (non-hydrogen) atoms. The SMILES string of the molecule is NC(=O)C(CCc1cccs1)c1ccccc1. The van der Waals surface area contributed by atoms with Crippen molar-refractivity contribution in [1.82, 2.24) is 0 Å². The van der Waals surface area contributed by atoms with E-state index in [0.717, 1.165) is 18.4 Å². The first-order valence-corrected chi connectivity index (χ1v) is 6.52. The standard InChI is InChI=1S/C14H15NOS/c15-14(16)13(11-5-2-1-3-6-11)9-8-12-7-4-10-17-12/h1-7,10,13H,8-9H2,(H2,15,16). The van der Waals surface area contributed by atoms with Crippen molar-refractivity contribution in [3.8, 4) is 0 Å². The highest BCUT2D eigenvalue weighted by Crippen LogP contribution is 2.22. The molecule has 1 aromatic heterocycles. The van der Waals surface area contributed by atoms with E-state index >= 15 is 0 Å². The van der Waals surface area contributed by atoms with Crippen LogP contribution in [-0.2, 0) is 11.2 Å². The minimum absolute atomic E-state index is 0.182. The van der Waals surface area contributed by atoms with Gasteiger partial charge in [0.1, 0.15) is 0 Å². The van der Waals surface area contributed by atoms with Gasteiger partial charge in [0.25, 0.3) is 0 Å². The maximum atomic E-state index is 11.5. The maximum absolute atomic E-state index is 11.5. The molecule has 1 unspecified atom stereocenters. The summed E-state index contributed by atoms with van der Waals surface area (Å²) in [6, 6.07) is 13.9. The number of hydrogen-bond acceptors (Lipinski definition) is 2. The Balaban J connectivity index is 2.06. The number of amides is 1. The summed E-state index contributed by atoms with van der Waals surface area (Å²) in [6.45, 7) is 0. The van der Waals surface area contributed by atoms with Gasteiger partial charge < -0.3 is 5.73 Å². The van der Waals surface area contributed by atoms with Crippen molar-refractivity contribution < 1.29 is 4.79 Å². The van der Waals surface area contributed by atoms with Gasteiger partial charge >= 0.3 is 0 Å². The summed E-state index contributed by atoms with van der Waals surface area (Å²) >= 11 is 1.72.